The zero-order valence-corrected chi connectivity index (χ0v) is 15.9. The number of Topliss-reactive ketones (excluding diaryl/α,β-unsaturated/α-hetero) is 1. The number of carbonyl (C=O) groups excluding carboxylic acids is 3. The zero-order valence-electron chi connectivity index (χ0n) is 15.9. The van der Waals surface area contributed by atoms with Crippen LogP contribution in [0.3, 0.4) is 0 Å². The number of anilines is 3. The number of carbonyl (C=O) groups is 3. The van der Waals surface area contributed by atoms with E-state index in [4.69, 9.17) is 4.74 Å². The number of esters is 1. The predicted octanol–water partition coefficient (Wildman–Crippen LogP) is 4.07. The lowest BCUT2D eigenvalue weighted by Crippen LogP contribution is -2.14. The highest BCUT2D eigenvalue weighted by Crippen LogP contribution is 2.21. The second kappa shape index (κ2) is 8.79. The van der Waals surface area contributed by atoms with Gasteiger partial charge in [0.05, 0.1) is 30.2 Å². The van der Waals surface area contributed by atoms with E-state index in [2.05, 4.69) is 15.6 Å². The molecule has 146 valence electrons. The summed E-state index contributed by atoms with van der Waals surface area (Å²) < 4.78 is 4.78. The van der Waals surface area contributed by atoms with Crippen LogP contribution in [0.1, 0.15) is 38.1 Å². The standard InChI is InChI=1S/C22H19N3O4/c1-14(26)15-6-5-7-16(12-15)25-21(27)20-11-10-17(13-23-20)24-19-9-4-3-8-18(19)22(28)29-2/h3-13,24H,1-2H3,(H,25,27). The number of hydrogen-bond acceptors (Lipinski definition) is 6. The number of methoxy groups -OCH3 is 1. The molecular formula is C22H19N3O4. The molecule has 0 atom stereocenters. The molecule has 0 aliphatic heterocycles. The molecule has 0 saturated heterocycles. The Morgan fingerprint density at radius 2 is 1.72 bits per heavy atom. The van der Waals surface area contributed by atoms with Crippen molar-refractivity contribution in [3.63, 3.8) is 0 Å². The number of ether oxygens (including phenoxy) is 1. The number of rotatable bonds is 6. The number of aromatic nitrogens is 1. The molecule has 0 aliphatic carbocycles. The molecule has 7 nitrogen and oxygen atoms in total. The van der Waals surface area contributed by atoms with Crippen molar-refractivity contribution in [1.29, 1.82) is 0 Å². The van der Waals surface area contributed by atoms with E-state index in [1.807, 2.05) is 0 Å². The van der Waals surface area contributed by atoms with Gasteiger partial charge in [-0.15, -0.1) is 0 Å². The van der Waals surface area contributed by atoms with Crippen molar-refractivity contribution >= 4 is 34.7 Å². The first-order chi connectivity index (χ1) is 14.0. The summed E-state index contributed by atoms with van der Waals surface area (Å²) in [6.45, 7) is 1.46. The van der Waals surface area contributed by atoms with Crippen molar-refractivity contribution in [2.24, 2.45) is 0 Å². The van der Waals surface area contributed by atoms with Gasteiger partial charge in [0.15, 0.2) is 5.78 Å². The number of nitrogens with zero attached hydrogens (tertiary/aromatic N) is 1. The molecule has 0 fully saturated rings. The fraction of sp³-hybridized carbons (Fsp3) is 0.0909. The van der Waals surface area contributed by atoms with Crippen LogP contribution in [0.15, 0.2) is 66.9 Å². The van der Waals surface area contributed by atoms with Gasteiger partial charge in [0.1, 0.15) is 5.69 Å². The number of nitrogens with one attached hydrogen (secondary N) is 2. The molecule has 0 spiro atoms. The van der Waals surface area contributed by atoms with Crippen LogP contribution in [0.25, 0.3) is 0 Å². The van der Waals surface area contributed by atoms with Gasteiger partial charge >= 0.3 is 5.97 Å². The maximum atomic E-state index is 12.4. The first-order valence-electron chi connectivity index (χ1n) is 8.80. The second-order valence-electron chi connectivity index (χ2n) is 6.19. The number of amides is 1. The Hall–Kier alpha value is -4.00. The summed E-state index contributed by atoms with van der Waals surface area (Å²) >= 11 is 0. The molecule has 0 bridgehead atoms. The van der Waals surface area contributed by atoms with Gasteiger partial charge in [0.2, 0.25) is 0 Å². The molecule has 0 unspecified atom stereocenters. The van der Waals surface area contributed by atoms with E-state index in [1.54, 1.807) is 60.7 Å². The molecule has 2 N–H and O–H groups in total. The van der Waals surface area contributed by atoms with E-state index in [-0.39, 0.29) is 11.5 Å². The molecule has 3 aromatic rings. The summed E-state index contributed by atoms with van der Waals surface area (Å²) in [6, 6.07) is 16.9. The topological polar surface area (TPSA) is 97.4 Å². The Morgan fingerprint density at radius 1 is 0.931 bits per heavy atom. The largest absolute Gasteiger partial charge is 0.465 e. The summed E-state index contributed by atoms with van der Waals surface area (Å²) in [6.07, 6.45) is 1.50. The van der Waals surface area contributed by atoms with Crippen molar-refractivity contribution in [3.8, 4) is 0 Å². The molecule has 1 amide bonds. The fourth-order valence-electron chi connectivity index (χ4n) is 2.65. The Kier molecular flexibility index (Phi) is 5.99. The minimum Gasteiger partial charge on any atom is -0.465 e. The van der Waals surface area contributed by atoms with Crippen molar-refractivity contribution in [2.75, 3.05) is 17.7 Å². The Bertz CT molecular complexity index is 1060. The minimum absolute atomic E-state index is 0.0816. The van der Waals surface area contributed by atoms with E-state index in [9.17, 15) is 14.4 Å². The smallest absolute Gasteiger partial charge is 0.339 e. The third-order valence-corrected chi connectivity index (χ3v) is 4.13. The number of ketones is 1. The van der Waals surface area contributed by atoms with Crippen molar-refractivity contribution < 1.29 is 19.1 Å². The average molecular weight is 389 g/mol. The van der Waals surface area contributed by atoms with E-state index < -0.39 is 11.9 Å². The molecule has 0 aliphatic rings. The first kappa shape index (κ1) is 19.8. The number of benzene rings is 2. The van der Waals surface area contributed by atoms with Gasteiger partial charge in [0.25, 0.3) is 5.91 Å². The van der Waals surface area contributed by atoms with E-state index in [0.717, 1.165) is 0 Å². The Labute approximate surface area is 167 Å². The molecule has 1 heterocycles. The first-order valence-corrected chi connectivity index (χ1v) is 8.80. The minimum atomic E-state index is -0.454. The number of para-hydroxylation sites is 1. The van der Waals surface area contributed by atoms with Crippen LogP contribution in [0.5, 0.6) is 0 Å². The normalized spacial score (nSPS) is 10.1. The van der Waals surface area contributed by atoms with Gasteiger partial charge in [-0.05, 0) is 43.3 Å². The van der Waals surface area contributed by atoms with Crippen LogP contribution in [0.2, 0.25) is 0 Å². The van der Waals surface area contributed by atoms with Crippen molar-refractivity contribution in [2.45, 2.75) is 6.92 Å². The zero-order chi connectivity index (χ0) is 20.8. The lowest BCUT2D eigenvalue weighted by molar-refractivity contribution is 0.0601. The third-order valence-electron chi connectivity index (χ3n) is 4.13. The summed E-state index contributed by atoms with van der Waals surface area (Å²) in [5, 5.41) is 5.81. The van der Waals surface area contributed by atoms with Gasteiger partial charge in [-0.25, -0.2) is 9.78 Å². The molecule has 2 aromatic carbocycles. The molecule has 1 aromatic heterocycles. The van der Waals surface area contributed by atoms with Gasteiger partial charge in [-0.2, -0.15) is 0 Å². The number of hydrogen-bond donors (Lipinski definition) is 2. The van der Waals surface area contributed by atoms with Crippen LogP contribution in [0.4, 0.5) is 17.1 Å². The van der Waals surface area contributed by atoms with E-state index in [0.29, 0.717) is 28.2 Å². The SMILES string of the molecule is COC(=O)c1ccccc1Nc1ccc(C(=O)Nc2cccc(C(C)=O)c2)nc1. The molecule has 0 saturated carbocycles. The van der Waals surface area contributed by atoms with Crippen LogP contribution >= 0.6 is 0 Å². The molecule has 29 heavy (non-hydrogen) atoms. The molecule has 7 heteroatoms. The maximum Gasteiger partial charge on any atom is 0.339 e. The Morgan fingerprint density at radius 3 is 2.41 bits per heavy atom. The second-order valence-corrected chi connectivity index (χ2v) is 6.19. The van der Waals surface area contributed by atoms with Gasteiger partial charge in [0, 0.05) is 11.3 Å². The van der Waals surface area contributed by atoms with Crippen LogP contribution in [-0.2, 0) is 4.74 Å². The van der Waals surface area contributed by atoms with Crippen LogP contribution in [-0.4, -0.2) is 29.8 Å². The fourth-order valence-corrected chi connectivity index (χ4v) is 2.65. The van der Waals surface area contributed by atoms with Gasteiger partial charge < -0.3 is 15.4 Å². The van der Waals surface area contributed by atoms with Gasteiger partial charge in [-0.1, -0.05) is 24.3 Å². The molecule has 0 radical (unpaired) electrons. The lowest BCUT2D eigenvalue weighted by Gasteiger charge is -2.11. The summed E-state index contributed by atoms with van der Waals surface area (Å²) in [5.41, 5.74) is 2.81. The molecule has 3 rings (SSSR count). The quantitative estimate of drug-likeness (QED) is 0.487. The highest BCUT2D eigenvalue weighted by molar-refractivity contribution is 6.04. The van der Waals surface area contributed by atoms with Crippen LogP contribution in [0, 0.1) is 0 Å². The molecular weight excluding hydrogens is 370 g/mol. The highest BCUT2D eigenvalue weighted by atomic mass is 16.5. The monoisotopic (exact) mass is 389 g/mol. The van der Waals surface area contributed by atoms with Gasteiger partial charge in [-0.3, -0.25) is 9.59 Å². The summed E-state index contributed by atoms with van der Waals surface area (Å²) in [7, 11) is 1.32. The highest BCUT2D eigenvalue weighted by Gasteiger charge is 2.12. The third kappa shape index (κ3) is 4.84. The summed E-state index contributed by atoms with van der Waals surface area (Å²) in [4.78, 5) is 39.9. The Balaban J connectivity index is 1.72. The average Bonchev–Trinajstić information content (AvgIpc) is 2.74. The lowest BCUT2D eigenvalue weighted by atomic mass is 10.1. The van der Waals surface area contributed by atoms with Crippen LogP contribution < -0.4 is 10.6 Å². The summed E-state index contributed by atoms with van der Waals surface area (Å²) in [5.74, 6) is -0.932. The van der Waals surface area contributed by atoms with E-state index >= 15 is 0 Å². The maximum absolute atomic E-state index is 12.4. The number of pyridine rings is 1. The van der Waals surface area contributed by atoms with Crippen molar-refractivity contribution in [3.05, 3.63) is 83.7 Å². The van der Waals surface area contributed by atoms with E-state index in [1.165, 1.54) is 20.2 Å². The van der Waals surface area contributed by atoms with Crippen molar-refractivity contribution in [1.82, 2.24) is 4.98 Å². The predicted molar refractivity (Wildman–Crippen MR) is 110 cm³/mol.